The number of ether oxygens (including phenoxy) is 1. The second-order valence-corrected chi connectivity index (χ2v) is 3.25. The van der Waals surface area contributed by atoms with E-state index >= 15 is 0 Å². The van der Waals surface area contributed by atoms with Crippen LogP contribution in [0.3, 0.4) is 0 Å². The molecule has 2 nitrogen and oxygen atoms in total. The molecule has 2 heteroatoms. The zero-order chi connectivity index (χ0) is 10.4. The van der Waals surface area contributed by atoms with E-state index in [2.05, 4.69) is 13.5 Å². The Bertz CT molecular complexity index is 290. The van der Waals surface area contributed by atoms with Crippen LogP contribution < -0.4 is 10.5 Å². The highest BCUT2D eigenvalue weighted by atomic mass is 16.5. The lowest BCUT2D eigenvalue weighted by Gasteiger charge is -2.06. The van der Waals surface area contributed by atoms with Gasteiger partial charge in [0, 0.05) is 5.70 Å². The van der Waals surface area contributed by atoms with E-state index in [4.69, 9.17) is 10.5 Å². The lowest BCUT2D eigenvalue weighted by atomic mass is 10.2. The normalized spacial score (nSPS) is 9.79. The largest absolute Gasteiger partial charge is 0.494 e. The summed E-state index contributed by atoms with van der Waals surface area (Å²) in [5.41, 5.74) is 7.09. The molecule has 0 fully saturated rings. The highest BCUT2D eigenvalue weighted by Crippen LogP contribution is 2.15. The van der Waals surface area contributed by atoms with Gasteiger partial charge in [-0.25, -0.2) is 0 Å². The van der Waals surface area contributed by atoms with Crippen LogP contribution >= 0.6 is 0 Å². The molecule has 0 heterocycles. The summed E-state index contributed by atoms with van der Waals surface area (Å²) in [6.07, 6.45) is 2.24. The molecule has 0 aliphatic heterocycles. The predicted octanol–water partition coefficient (Wildman–Crippen LogP) is 2.79. The van der Waals surface area contributed by atoms with Crippen LogP contribution in [0.5, 0.6) is 5.75 Å². The molecule has 0 radical (unpaired) electrons. The van der Waals surface area contributed by atoms with Crippen LogP contribution in [0.2, 0.25) is 0 Å². The number of unbranched alkanes of at least 4 members (excludes halogenated alkanes) is 1. The summed E-state index contributed by atoms with van der Waals surface area (Å²) in [6, 6.07) is 7.68. The molecular formula is C12H17NO. The second-order valence-electron chi connectivity index (χ2n) is 3.25. The summed E-state index contributed by atoms with van der Waals surface area (Å²) >= 11 is 0. The fourth-order valence-electron chi connectivity index (χ4n) is 1.10. The van der Waals surface area contributed by atoms with Gasteiger partial charge in [-0.15, -0.1) is 0 Å². The monoisotopic (exact) mass is 191 g/mol. The van der Waals surface area contributed by atoms with E-state index in [-0.39, 0.29) is 0 Å². The average Bonchev–Trinajstić information content (AvgIpc) is 2.19. The Morgan fingerprint density at radius 2 is 2.00 bits per heavy atom. The van der Waals surface area contributed by atoms with Crippen molar-refractivity contribution in [1.29, 1.82) is 0 Å². The summed E-state index contributed by atoms with van der Waals surface area (Å²) in [6.45, 7) is 6.59. The molecule has 0 aromatic heterocycles. The van der Waals surface area contributed by atoms with Crippen molar-refractivity contribution in [1.82, 2.24) is 0 Å². The van der Waals surface area contributed by atoms with E-state index in [0.717, 1.165) is 30.8 Å². The second kappa shape index (κ2) is 5.32. The van der Waals surface area contributed by atoms with Crippen molar-refractivity contribution in [3.63, 3.8) is 0 Å². The SMILES string of the molecule is C=C(N)c1ccc(OCCCC)cc1. The van der Waals surface area contributed by atoms with E-state index in [1.807, 2.05) is 24.3 Å². The van der Waals surface area contributed by atoms with Gasteiger partial charge in [-0.1, -0.05) is 19.9 Å². The summed E-state index contributed by atoms with van der Waals surface area (Å²) in [4.78, 5) is 0. The van der Waals surface area contributed by atoms with Crippen molar-refractivity contribution in [2.24, 2.45) is 5.73 Å². The lowest BCUT2D eigenvalue weighted by Crippen LogP contribution is -1.97. The maximum absolute atomic E-state index is 5.55. The van der Waals surface area contributed by atoms with Crippen LogP contribution in [0.25, 0.3) is 5.70 Å². The highest BCUT2D eigenvalue weighted by Gasteiger charge is 1.95. The molecule has 2 N–H and O–H groups in total. The smallest absolute Gasteiger partial charge is 0.119 e. The molecule has 0 bridgehead atoms. The highest BCUT2D eigenvalue weighted by molar-refractivity contribution is 5.60. The van der Waals surface area contributed by atoms with Gasteiger partial charge in [-0.05, 0) is 36.2 Å². The van der Waals surface area contributed by atoms with Gasteiger partial charge in [0.15, 0.2) is 0 Å². The minimum Gasteiger partial charge on any atom is -0.494 e. The standard InChI is InChI=1S/C12H17NO/c1-3-4-9-14-12-7-5-11(6-8-12)10(2)13/h5-8H,2-4,9,13H2,1H3. The molecule has 0 atom stereocenters. The molecule has 14 heavy (non-hydrogen) atoms. The van der Waals surface area contributed by atoms with Crippen molar-refractivity contribution in [2.45, 2.75) is 19.8 Å². The Morgan fingerprint density at radius 3 is 2.50 bits per heavy atom. The van der Waals surface area contributed by atoms with Gasteiger partial charge >= 0.3 is 0 Å². The third-order valence-electron chi connectivity index (χ3n) is 1.99. The van der Waals surface area contributed by atoms with E-state index in [1.165, 1.54) is 0 Å². The molecule has 1 rings (SSSR count). The summed E-state index contributed by atoms with van der Waals surface area (Å²) in [5, 5.41) is 0. The first-order valence-electron chi connectivity index (χ1n) is 4.91. The Morgan fingerprint density at radius 1 is 1.36 bits per heavy atom. The lowest BCUT2D eigenvalue weighted by molar-refractivity contribution is 0.309. The van der Waals surface area contributed by atoms with Crippen LogP contribution in [0.1, 0.15) is 25.3 Å². The summed E-state index contributed by atoms with van der Waals surface area (Å²) in [7, 11) is 0. The quantitative estimate of drug-likeness (QED) is 0.726. The molecule has 0 aliphatic rings. The van der Waals surface area contributed by atoms with Crippen LogP contribution in [0.15, 0.2) is 30.8 Å². The fourth-order valence-corrected chi connectivity index (χ4v) is 1.10. The minimum absolute atomic E-state index is 0.588. The van der Waals surface area contributed by atoms with Crippen molar-refractivity contribution < 1.29 is 4.74 Å². The Hall–Kier alpha value is -1.44. The van der Waals surface area contributed by atoms with Crippen molar-refractivity contribution >= 4 is 5.70 Å². The zero-order valence-electron chi connectivity index (χ0n) is 8.62. The Balaban J connectivity index is 2.51. The van der Waals surface area contributed by atoms with E-state index in [9.17, 15) is 0 Å². The number of nitrogens with two attached hydrogens (primary N) is 1. The molecule has 0 amide bonds. The van der Waals surface area contributed by atoms with Crippen LogP contribution in [0, 0.1) is 0 Å². The van der Waals surface area contributed by atoms with Gasteiger partial charge in [-0.2, -0.15) is 0 Å². The van der Waals surface area contributed by atoms with Gasteiger partial charge in [0.1, 0.15) is 5.75 Å². The van der Waals surface area contributed by atoms with Gasteiger partial charge < -0.3 is 10.5 Å². The first kappa shape index (κ1) is 10.6. The van der Waals surface area contributed by atoms with Crippen LogP contribution in [0.4, 0.5) is 0 Å². The molecule has 1 aromatic carbocycles. The molecule has 0 saturated carbocycles. The summed E-state index contributed by atoms with van der Waals surface area (Å²) < 4.78 is 5.51. The van der Waals surface area contributed by atoms with Crippen molar-refractivity contribution in [2.75, 3.05) is 6.61 Å². The molecule has 0 unspecified atom stereocenters. The maximum Gasteiger partial charge on any atom is 0.119 e. The fraction of sp³-hybridized carbons (Fsp3) is 0.333. The van der Waals surface area contributed by atoms with Gasteiger partial charge in [0.25, 0.3) is 0 Å². The minimum atomic E-state index is 0.588. The third-order valence-corrected chi connectivity index (χ3v) is 1.99. The van der Waals surface area contributed by atoms with Crippen LogP contribution in [-0.4, -0.2) is 6.61 Å². The van der Waals surface area contributed by atoms with E-state index < -0.39 is 0 Å². The number of rotatable bonds is 5. The van der Waals surface area contributed by atoms with Gasteiger partial charge in [0.2, 0.25) is 0 Å². The Kier molecular flexibility index (Phi) is 4.05. The van der Waals surface area contributed by atoms with E-state index in [1.54, 1.807) is 0 Å². The number of benzene rings is 1. The maximum atomic E-state index is 5.55. The number of hydrogen-bond acceptors (Lipinski definition) is 2. The number of hydrogen-bond donors (Lipinski definition) is 1. The molecule has 76 valence electrons. The van der Waals surface area contributed by atoms with Gasteiger partial charge in [-0.3, -0.25) is 0 Å². The molecular weight excluding hydrogens is 174 g/mol. The van der Waals surface area contributed by atoms with Crippen molar-refractivity contribution in [3.05, 3.63) is 36.4 Å². The van der Waals surface area contributed by atoms with E-state index in [0.29, 0.717) is 5.70 Å². The molecule has 0 aliphatic carbocycles. The van der Waals surface area contributed by atoms with Gasteiger partial charge in [0.05, 0.1) is 6.61 Å². The third kappa shape index (κ3) is 3.13. The Labute approximate surface area is 85.4 Å². The van der Waals surface area contributed by atoms with Crippen molar-refractivity contribution in [3.8, 4) is 5.75 Å². The van der Waals surface area contributed by atoms with Crippen LogP contribution in [-0.2, 0) is 0 Å². The molecule has 0 spiro atoms. The zero-order valence-corrected chi connectivity index (χ0v) is 8.62. The molecule has 1 aromatic rings. The summed E-state index contributed by atoms with van der Waals surface area (Å²) in [5.74, 6) is 0.892. The predicted molar refractivity (Wildman–Crippen MR) is 60.1 cm³/mol. The average molecular weight is 191 g/mol. The molecule has 0 saturated heterocycles. The first-order valence-corrected chi connectivity index (χ1v) is 4.91. The first-order chi connectivity index (χ1) is 6.74. The topological polar surface area (TPSA) is 35.2 Å².